The smallest absolute Gasteiger partial charge is 0.347 e. The molecule has 6 heteroatoms. The zero-order valence-corrected chi connectivity index (χ0v) is 15.4. The van der Waals surface area contributed by atoms with Gasteiger partial charge in [0.2, 0.25) is 0 Å². The predicted octanol–water partition coefficient (Wildman–Crippen LogP) is 3.54. The third-order valence-electron chi connectivity index (χ3n) is 5.85. The minimum Gasteiger partial charge on any atom is -0.511 e. The van der Waals surface area contributed by atoms with Gasteiger partial charge in [-0.25, -0.2) is 4.79 Å². The summed E-state index contributed by atoms with van der Waals surface area (Å²) in [6.45, 7) is 2.11. The number of aliphatic hydroxyl groups is 1. The second-order valence-corrected chi connectivity index (χ2v) is 7.64. The first kappa shape index (κ1) is 17.9. The van der Waals surface area contributed by atoms with Crippen LogP contribution in [0.4, 0.5) is 11.4 Å². The van der Waals surface area contributed by atoms with E-state index >= 15 is 0 Å². The Hall–Kier alpha value is -2.50. The second-order valence-electron chi connectivity index (χ2n) is 7.64. The van der Waals surface area contributed by atoms with E-state index in [1.165, 1.54) is 19.3 Å². The maximum absolute atomic E-state index is 12.6. The highest BCUT2D eigenvalue weighted by Gasteiger charge is 2.41. The van der Waals surface area contributed by atoms with Crippen LogP contribution in [0, 0.1) is 5.92 Å². The molecule has 2 fully saturated rings. The Kier molecular flexibility index (Phi) is 5.05. The van der Waals surface area contributed by atoms with Crippen molar-refractivity contribution in [1.82, 2.24) is 0 Å². The van der Waals surface area contributed by atoms with Gasteiger partial charge in [-0.15, -0.1) is 0 Å². The maximum Gasteiger partial charge on any atom is 0.347 e. The van der Waals surface area contributed by atoms with Crippen molar-refractivity contribution in [2.45, 2.75) is 51.0 Å². The van der Waals surface area contributed by atoms with Crippen LogP contribution in [0.2, 0.25) is 0 Å². The molecule has 1 aliphatic carbocycles. The van der Waals surface area contributed by atoms with E-state index in [2.05, 4.69) is 10.2 Å². The molecule has 2 heterocycles. The number of nitrogens with one attached hydrogen (secondary N) is 1. The van der Waals surface area contributed by atoms with Gasteiger partial charge in [0.05, 0.1) is 5.92 Å². The molecule has 144 valence electrons. The van der Waals surface area contributed by atoms with Crippen LogP contribution in [-0.4, -0.2) is 36.2 Å². The zero-order chi connectivity index (χ0) is 18.8. The highest BCUT2D eigenvalue weighted by molar-refractivity contribution is 6.21. The monoisotopic (exact) mass is 370 g/mol. The van der Waals surface area contributed by atoms with E-state index in [9.17, 15) is 14.7 Å². The van der Waals surface area contributed by atoms with Gasteiger partial charge in [0, 0.05) is 24.5 Å². The molecule has 0 aromatic heterocycles. The molecule has 2 unspecified atom stereocenters. The number of ether oxygens (including phenoxy) is 1. The van der Waals surface area contributed by atoms with Crippen molar-refractivity contribution in [2.24, 2.45) is 5.92 Å². The van der Waals surface area contributed by atoms with Gasteiger partial charge in [-0.1, -0.05) is 6.42 Å². The normalized spacial score (nSPS) is 25.6. The minimum atomic E-state index is -0.724. The number of aliphatic hydroxyl groups excluding tert-OH is 1. The number of carbonyl (C=O) groups is 2. The Balaban J connectivity index is 1.47. The number of amides is 1. The lowest BCUT2D eigenvalue weighted by atomic mass is 9.82. The molecular weight excluding hydrogens is 344 g/mol. The first-order valence-electron chi connectivity index (χ1n) is 9.94. The van der Waals surface area contributed by atoms with Crippen LogP contribution in [0.1, 0.15) is 44.9 Å². The molecule has 6 nitrogen and oxygen atoms in total. The number of rotatable bonds is 3. The summed E-state index contributed by atoms with van der Waals surface area (Å²) >= 11 is 0. The molecule has 0 radical (unpaired) electrons. The molecule has 27 heavy (non-hydrogen) atoms. The minimum absolute atomic E-state index is 0.113. The van der Waals surface area contributed by atoms with Crippen LogP contribution < -0.4 is 10.2 Å². The highest BCUT2D eigenvalue weighted by atomic mass is 16.5. The lowest BCUT2D eigenvalue weighted by Gasteiger charge is -2.34. The Bertz CT molecular complexity index is 750. The number of anilines is 2. The number of piperidine rings is 1. The first-order chi connectivity index (χ1) is 13.1. The summed E-state index contributed by atoms with van der Waals surface area (Å²) in [4.78, 5) is 27.2. The molecule has 1 saturated heterocycles. The van der Waals surface area contributed by atoms with Crippen LogP contribution in [0.5, 0.6) is 0 Å². The topological polar surface area (TPSA) is 78.9 Å². The lowest BCUT2D eigenvalue weighted by Crippen LogP contribution is -2.40. The molecule has 1 amide bonds. The summed E-state index contributed by atoms with van der Waals surface area (Å²) < 4.78 is 5.41. The first-order valence-corrected chi connectivity index (χ1v) is 9.94. The number of hydrogen-bond donors (Lipinski definition) is 2. The number of carbonyl (C=O) groups excluding carboxylic acids is 2. The van der Waals surface area contributed by atoms with E-state index < -0.39 is 11.9 Å². The molecule has 1 aromatic carbocycles. The molecule has 3 aliphatic rings. The largest absolute Gasteiger partial charge is 0.511 e. The maximum atomic E-state index is 12.6. The van der Waals surface area contributed by atoms with E-state index in [4.69, 9.17) is 4.74 Å². The van der Waals surface area contributed by atoms with Gasteiger partial charge in [-0.3, -0.25) is 4.79 Å². The number of fused-ring (bicyclic) bond motifs is 1. The van der Waals surface area contributed by atoms with Gasteiger partial charge in [0.15, 0.2) is 5.57 Å². The molecule has 2 atom stereocenters. The molecule has 2 N–H and O–H groups in total. The Labute approximate surface area is 159 Å². The Morgan fingerprint density at radius 3 is 2.48 bits per heavy atom. The fraction of sp³-hybridized carbons (Fsp3) is 0.524. The van der Waals surface area contributed by atoms with E-state index in [1.807, 2.05) is 24.3 Å². The second kappa shape index (κ2) is 7.62. The number of nitrogens with zero attached hydrogens (tertiary/aromatic N) is 1. The van der Waals surface area contributed by atoms with E-state index in [1.54, 1.807) is 0 Å². The standard InChI is InChI=1S/C21H26N2O4/c24-19-16-6-2-3-7-17(16)27-21(26)18(19)20(25)22-14-8-10-15(11-9-14)23-12-4-1-5-13-23/h8-11,16-17,24H,1-7,12-13H2,(H,22,25). The van der Waals surface area contributed by atoms with Crippen LogP contribution in [-0.2, 0) is 14.3 Å². The molecule has 4 rings (SSSR count). The van der Waals surface area contributed by atoms with E-state index in [-0.39, 0.29) is 23.4 Å². The van der Waals surface area contributed by atoms with Crippen molar-refractivity contribution >= 4 is 23.3 Å². The third-order valence-corrected chi connectivity index (χ3v) is 5.85. The summed E-state index contributed by atoms with van der Waals surface area (Å²) in [5.41, 5.74) is 1.48. The fourth-order valence-corrected chi connectivity index (χ4v) is 4.35. The van der Waals surface area contributed by atoms with Crippen molar-refractivity contribution < 1.29 is 19.4 Å². The summed E-state index contributed by atoms with van der Waals surface area (Å²) in [6, 6.07) is 7.62. The predicted molar refractivity (Wildman–Crippen MR) is 103 cm³/mol. The van der Waals surface area contributed by atoms with Crippen LogP contribution in [0.25, 0.3) is 0 Å². The van der Waals surface area contributed by atoms with Crippen LogP contribution in [0.3, 0.4) is 0 Å². The fourth-order valence-electron chi connectivity index (χ4n) is 4.35. The summed E-state index contributed by atoms with van der Waals surface area (Å²) in [6.07, 6.45) is 6.82. The number of hydrogen-bond acceptors (Lipinski definition) is 5. The van der Waals surface area contributed by atoms with Crippen molar-refractivity contribution in [1.29, 1.82) is 0 Å². The number of benzene rings is 1. The molecular formula is C21H26N2O4. The van der Waals surface area contributed by atoms with Gasteiger partial charge in [0.25, 0.3) is 5.91 Å². The third kappa shape index (κ3) is 3.66. The van der Waals surface area contributed by atoms with Crippen LogP contribution >= 0.6 is 0 Å². The average Bonchev–Trinajstić information content (AvgIpc) is 2.69. The van der Waals surface area contributed by atoms with Gasteiger partial charge in [-0.05, 0) is 62.8 Å². The van der Waals surface area contributed by atoms with Gasteiger partial charge in [-0.2, -0.15) is 0 Å². The molecule has 1 saturated carbocycles. The Morgan fingerprint density at radius 1 is 1.04 bits per heavy atom. The van der Waals surface area contributed by atoms with Crippen molar-refractivity contribution in [3.05, 3.63) is 35.6 Å². The quantitative estimate of drug-likeness (QED) is 0.628. The number of esters is 1. The van der Waals surface area contributed by atoms with Crippen molar-refractivity contribution in [3.8, 4) is 0 Å². The van der Waals surface area contributed by atoms with E-state index in [0.29, 0.717) is 5.69 Å². The average molecular weight is 370 g/mol. The molecule has 0 spiro atoms. The SMILES string of the molecule is O=C(Nc1ccc(N2CCCCC2)cc1)C1=C(O)C2CCCCC2OC1=O. The van der Waals surface area contributed by atoms with Gasteiger partial charge >= 0.3 is 5.97 Å². The molecule has 1 aromatic rings. The highest BCUT2D eigenvalue weighted by Crippen LogP contribution is 2.36. The van der Waals surface area contributed by atoms with E-state index in [0.717, 1.165) is 44.5 Å². The van der Waals surface area contributed by atoms with Crippen molar-refractivity contribution in [2.75, 3.05) is 23.3 Å². The lowest BCUT2D eigenvalue weighted by molar-refractivity contribution is -0.153. The summed E-state index contributed by atoms with van der Waals surface area (Å²) in [7, 11) is 0. The van der Waals surface area contributed by atoms with Crippen LogP contribution in [0.15, 0.2) is 35.6 Å². The van der Waals surface area contributed by atoms with Crippen molar-refractivity contribution in [3.63, 3.8) is 0 Å². The Morgan fingerprint density at radius 2 is 1.74 bits per heavy atom. The van der Waals surface area contributed by atoms with Gasteiger partial charge < -0.3 is 20.1 Å². The molecule has 2 aliphatic heterocycles. The summed E-state index contributed by atoms with van der Waals surface area (Å²) in [5.74, 6) is -1.69. The molecule has 0 bridgehead atoms. The summed E-state index contributed by atoms with van der Waals surface area (Å²) in [5, 5.41) is 13.2. The van der Waals surface area contributed by atoms with Gasteiger partial charge in [0.1, 0.15) is 11.9 Å². The zero-order valence-electron chi connectivity index (χ0n) is 15.4.